The van der Waals surface area contributed by atoms with Gasteiger partial charge in [0.05, 0.1) is 13.2 Å². The predicted molar refractivity (Wildman–Crippen MR) is 85.9 cm³/mol. The second-order valence-corrected chi connectivity index (χ2v) is 5.94. The monoisotopic (exact) mass is 306 g/mol. The highest BCUT2D eigenvalue weighted by Gasteiger charge is 2.22. The summed E-state index contributed by atoms with van der Waals surface area (Å²) in [6.07, 6.45) is 1.77. The van der Waals surface area contributed by atoms with Crippen LogP contribution in [0.4, 0.5) is 0 Å². The topological polar surface area (TPSA) is 61.8 Å². The van der Waals surface area contributed by atoms with E-state index in [1.54, 1.807) is 0 Å². The summed E-state index contributed by atoms with van der Waals surface area (Å²) < 4.78 is 5.64. The summed E-state index contributed by atoms with van der Waals surface area (Å²) in [6.45, 7) is 5.62. The third-order valence-electron chi connectivity index (χ3n) is 3.90. The fourth-order valence-electron chi connectivity index (χ4n) is 2.66. The molecular formula is C17H26N2O3. The van der Waals surface area contributed by atoms with Gasteiger partial charge in [0.15, 0.2) is 0 Å². The van der Waals surface area contributed by atoms with Gasteiger partial charge in [-0.2, -0.15) is 0 Å². The normalized spacial score (nSPS) is 18.4. The van der Waals surface area contributed by atoms with Gasteiger partial charge < -0.3 is 15.2 Å². The van der Waals surface area contributed by atoms with Crippen molar-refractivity contribution in [2.24, 2.45) is 5.92 Å². The van der Waals surface area contributed by atoms with Crippen LogP contribution >= 0.6 is 0 Å². The lowest BCUT2D eigenvalue weighted by atomic mass is 10.1. The van der Waals surface area contributed by atoms with E-state index in [0.717, 1.165) is 31.7 Å². The quantitative estimate of drug-likeness (QED) is 0.708. The summed E-state index contributed by atoms with van der Waals surface area (Å²) in [7, 11) is 0. The second-order valence-electron chi connectivity index (χ2n) is 5.94. The van der Waals surface area contributed by atoms with Crippen LogP contribution in [0.15, 0.2) is 24.3 Å². The standard InChI is InChI=1S/C17H26N2O3/c1-14-4-2-5-16(10-14)22-9-3-7-18-17(21)12-19-8-6-15(11-19)13-20/h2,4-5,10,15,20H,3,6-9,11-13H2,1H3,(H,18,21). The minimum absolute atomic E-state index is 0.0501. The maximum Gasteiger partial charge on any atom is 0.234 e. The first-order valence-electron chi connectivity index (χ1n) is 7.97. The van der Waals surface area contributed by atoms with Crippen LogP contribution in [-0.2, 0) is 4.79 Å². The molecule has 5 nitrogen and oxygen atoms in total. The third kappa shape index (κ3) is 5.66. The van der Waals surface area contributed by atoms with Gasteiger partial charge in [-0.3, -0.25) is 9.69 Å². The van der Waals surface area contributed by atoms with E-state index in [4.69, 9.17) is 9.84 Å². The Balaban J connectivity index is 1.54. The average molecular weight is 306 g/mol. The van der Waals surface area contributed by atoms with Crippen LogP contribution in [0.25, 0.3) is 0 Å². The zero-order valence-corrected chi connectivity index (χ0v) is 13.3. The van der Waals surface area contributed by atoms with Crippen LogP contribution in [0.3, 0.4) is 0 Å². The van der Waals surface area contributed by atoms with Gasteiger partial charge >= 0.3 is 0 Å². The van der Waals surface area contributed by atoms with E-state index >= 15 is 0 Å². The molecular weight excluding hydrogens is 280 g/mol. The molecule has 2 rings (SSSR count). The van der Waals surface area contributed by atoms with Gasteiger partial charge in [-0.05, 0) is 49.9 Å². The molecule has 22 heavy (non-hydrogen) atoms. The molecule has 0 aromatic heterocycles. The number of nitrogens with one attached hydrogen (secondary N) is 1. The number of carbonyl (C=O) groups excluding carboxylic acids is 1. The molecule has 0 bridgehead atoms. The van der Waals surface area contributed by atoms with Crippen molar-refractivity contribution in [3.05, 3.63) is 29.8 Å². The number of carbonyl (C=O) groups is 1. The Morgan fingerprint density at radius 3 is 3.09 bits per heavy atom. The molecule has 1 aromatic rings. The molecule has 0 aliphatic carbocycles. The van der Waals surface area contributed by atoms with E-state index < -0.39 is 0 Å². The Labute approximate surface area is 132 Å². The summed E-state index contributed by atoms with van der Waals surface area (Å²) in [5.74, 6) is 1.25. The number of aliphatic hydroxyl groups excluding tert-OH is 1. The average Bonchev–Trinajstić information content (AvgIpc) is 2.94. The number of benzene rings is 1. The van der Waals surface area contributed by atoms with E-state index in [0.29, 0.717) is 25.6 Å². The van der Waals surface area contributed by atoms with Crippen LogP contribution in [0, 0.1) is 12.8 Å². The lowest BCUT2D eigenvalue weighted by Crippen LogP contribution is -2.37. The van der Waals surface area contributed by atoms with Crippen LogP contribution in [0.5, 0.6) is 5.75 Å². The maximum atomic E-state index is 11.8. The largest absolute Gasteiger partial charge is 0.494 e. The zero-order valence-electron chi connectivity index (χ0n) is 13.3. The van der Waals surface area contributed by atoms with E-state index in [1.807, 2.05) is 31.2 Å². The van der Waals surface area contributed by atoms with Crippen molar-refractivity contribution >= 4 is 5.91 Å². The van der Waals surface area contributed by atoms with E-state index in [9.17, 15) is 4.79 Å². The van der Waals surface area contributed by atoms with Crippen molar-refractivity contribution in [3.63, 3.8) is 0 Å². The molecule has 1 atom stereocenters. The summed E-state index contributed by atoms with van der Waals surface area (Å²) in [6, 6.07) is 7.95. The van der Waals surface area contributed by atoms with E-state index in [1.165, 1.54) is 5.56 Å². The lowest BCUT2D eigenvalue weighted by Gasteiger charge is -2.15. The summed E-state index contributed by atoms with van der Waals surface area (Å²) >= 11 is 0. The summed E-state index contributed by atoms with van der Waals surface area (Å²) in [5.41, 5.74) is 1.18. The molecule has 1 saturated heterocycles. The van der Waals surface area contributed by atoms with Gasteiger partial charge in [0, 0.05) is 19.7 Å². The highest BCUT2D eigenvalue weighted by atomic mass is 16.5. The van der Waals surface area contributed by atoms with Crippen LogP contribution < -0.4 is 10.1 Å². The van der Waals surface area contributed by atoms with Crippen molar-refractivity contribution in [1.29, 1.82) is 0 Å². The number of aryl methyl sites for hydroxylation is 1. The van der Waals surface area contributed by atoms with Gasteiger partial charge in [0.1, 0.15) is 5.75 Å². The first-order chi connectivity index (χ1) is 10.7. The van der Waals surface area contributed by atoms with Gasteiger partial charge in [0.2, 0.25) is 5.91 Å². The van der Waals surface area contributed by atoms with Crippen molar-refractivity contribution in [3.8, 4) is 5.75 Å². The molecule has 1 aliphatic rings. The molecule has 122 valence electrons. The highest BCUT2D eigenvalue weighted by molar-refractivity contribution is 5.78. The SMILES string of the molecule is Cc1cccc(OCCCNC(=O)CN2CCC(CO)C2)c1. The molecule has 5 heteroatoms. The van der Waals surface area contributed by atoms with Crippen LogP contribution in [-0.4, -0.2) is 55.3 Å². The zero-order chi connectivity index (χ0) is 15.8. The molecule has 1 aromatic carbocycles. The minimum atomic E-state index is 0.0501. The fraction of sp³-hybridized carbons (Fsp3) is 0.588. The Kier molecular flexibility index (Phi) is 6.68. The van der Waals surface area contributed by atoms with Crippen molar-refractivity contribution < 1.29 is 14.6 Å². The molecule has 0 radical (unpaired) electrons. The number of aliphatic hydroxyl groups is 1. The van der Waals surface area contributed by atoms with Gasteiger partial charge in [-0.25, -0.2) is 0 Å². The molecule has 1 heterocycles. The Hall–Kier alpha value is -1.59. The van der Waals surface area contributed by atoms with Crippen LogP contribution in [0.2, 0.25) is 0 Å². The first kappa shape index (κ1) is 16.8. The predicted octanol–water partition coefficient (Wildman–Crippen LogP) is 1.19. The number of hydrogen-bond acceptors (Lipinski definition) is 4. The summed E-state index contributed by atoms with van der Waals surface area (Å²) in [4.78, 5) is 13.9. The van der Waals surface area contributed by atoms with Gasteiger partial charge in [-0.15, -0.1) is 0 Å². The fourth-order valence-corrected chi connectivity index (χ4v) is 2.66. The number of nitrogens with zero attached hydrogens (tertiary/aromatic N) is 1. The molecule has 2 N–H and O–H groups in total. The minimum Gasteiger partial charge on any atom is -0.494 e. The van der Waals surface area contributed by atoms with Crippen LogP contribution in [0.1, 0.15) is 18.4 Å². The van der Waals surface area contributed by atoms with Gasteiger partial charge in [-0.1, -0.05) is 12.1 Å². The molecule has 0 saturated carbocycles. The number of ether oxygens (including phenoxy) is 1. The number of amides is 1. The van der Waals surface area contributed by atoms with E-state index in [2.05, 4.69) is 10.2 Å². The molecule has 1 unspecified atom stereocenters. The Bertz CT molecular complexity index is 479. The Morgan fingerprint density at radius 1 is 1.50 bits per heavy atom. The molecule has 1 amide bonds. The van der Waals surface area contributed by atoms with Crippen molar-refractivity contribution in [1.82, 2.24) is 10.2 Å². The van der Waals surface area contributed by atoms with Gasteiger partial charge in [0.25, 0.3) is 0 Å². The lowest BCUT2D eigenvalue weighted by molar-refractivity contribution is -0.122. The van der Waals surface area contributed by atoms with E-state index in [-0.39, 0.29) is 12.5 Å². The maximum absolute atomic E-state index is 11.8. The van der Waals surface area contributed by atoms with Crippen molar-refractivity contribution in [2.45, 2.75) is 19.8 Å². The molecule has 0 spiro atoms. The molecule has 1 aliphatic heterocycles. The first-order valence-corrected chi connectivity index (χ1v) is 7.97. The second kappa shape index (κ2) is 8.76. The number of rotatable bonds is 8. The Morgan fingerprint density at radius 2 is 2.36 bits per heavy atom. The smallest absolute Gasteiger partial charge is 0.234 e. The molecule has 1 fully saturated rings. The van der Waals surface area contributed by atoms with Crippen molar-refractivity contribution in [2.75, 3.05) is 39.4 Å². The highest BCUT2D eigenvalue weighted by Crippen LogP contribution is 2.14. The number of hydrogen-bond donors (Lipinski definition) is 2. The third-order valence-corrected chi connectivity index (χ3v) is 3.90. The summed E-state index contributed by atoms with van der Waals surface area (Å²) in [5, 5.41) is 12.0. The number of likely N-dealkylation sites (tertiary alicyclic amines) is 1.